The van der Waals surface area contributed by atoms with Gasteiger partial charge in [-0.2, -0.15) is 0 Å². The van der Waals surface area contributed by atoms with E-state index in [0.717, 1.165) is 22.3 Å². The van der Waals surface area contributed by atoms with Crippen molar-refractivity contribution < 1.29 is 24.2 Å². The molecule has 4 aromatic carbocycles. The molecule has 0 radical (unpaired) electrons. The Morgan fingerprint density at radius 1 is 0.825 bits per heavy atom. The largest absolute Gasteiger partial charge is 0.507 e. The number of halogens is 1. The summed E-state index contributed by atoms with van der Waals surface area (Å²) >= 11 is 0. The first-order chi connectivity index (χ1) is 19.2. The fraction of sp³-hybridized carbons (Fsp3) is 0.200. The molecule has 204 valence electrons. The number of ketones is 1. The average molecular weight is 537 g/mol. The third-order valence-corrected chi connectivity index (χ3v) is 7.16. The molecular formula is C35H33FO4. The number of para-hydroxylation sites is 1. The van der Waals surface area contributed by atoms with Crippen LogP contribution in [0, 0.1) is 12.7 Å². The maximum atomic E-state index is 15.3. The van der Waals surface area contributed by atoms with Gasteiger partial charge in [-0.15, -0.1) is 0 Å². The summed E-state index contributed by atoms with van der Waals surface area (Å²) < 4.78 is 15.3. The van der Waals surface area contributed by atoms with Crippen LogP contribution >= 0.6 is 0 Å². The molecule has 0 unspecified atom stereocenters. The Morgan fingerprint density at radius 2 is 1.48 bits per heavy atom. The summed E-state index contributed by atoms with van der Waals surface area (Å²) in [5.74, 6) is -1.07. The van der Waals surface area contributed by atoms with Gasteiger partial charge < -0.3 is 10.2 Å². The maximum Gasteiger partial charge on any atom is 0.307 e. The van der Waals surface area contributed by atoms with E-state index in [-0.39, 0.29) is 23.8 Å². The number of allylic oxidation sites excluding steroid dienone is 2. The minimum Gasteiger partial charge on any atom is -0.507 e. The van der Waals surface area contributed by atoms with Gasteiger partial charge in [-0.1, -0.05) is 79.2 Å². The Morgan fingerprint density at radius 3 is 2.12 bits per heavy atom. The fourth-order valence-corrected chi connectivity index (χ4v) is 5.03. The van der Waals surface area contributed by atoms with E-state index in [1.54, 1.807) is 24.3 Å². The van der Waals surface area contributed by atoms with Crippen LogP contribution in [-0.2, 0) is 22.4 Å². The number of phenols is 1. The van der Waals surface area contributed by atoms with Crippen LogP contribution in [0.2, 0.25) is 0 Å². The molecule has 0 aliphatic heterocycles. The van der Waals surface area contributed by atoms with Crippen LogP contribution in [0.1, 0.15) is 48.9 Å². The molecule has 4 rings (SSSR count). The molecule has 0 saturated carbocycles. The number of aromatic hydroxyl groups is 1. The lowest BCUT2D eigenvalue weighted by atomic mass is 9.87. The van der Waals surface area contributed by atoms with Crippen molar-refractivity contribution >= 4 is 17.3 Å². The molecule has 4 nitrogen and oxygen atoms in total. The molecule has 0 heterocycles. The second kappa shape index (κ2) is 12.6. The number of hydrogen-bond donors (Lipinski definition) is 2. The van der Waals surface area contributed by atoms with Crippen LogP contribution < -0.4 is 0 Å². The van der Waals surface area contributed by atoms with E-state index in [1.165, 1.54) is 6.07 Å². The van der Waals surface area contributed by atoms with Crippen LogP contribution in [0.3, 0.4) is 0 Å². The SMILES string of the molecule is CCC(=O)/C(=C(/C)CCc1cccc(CC(=O)O)c1)c1cc(-c2ccc(-c3ccccc3O)cc2)c(F)cc1C. The van der Waals surface area contributed by atoms with Gasteiger partial charge in [0.1, 0.15) is 11.6 Å². The topological polar surface area (TPSA) is 74.6 Å². The van der Waals surface area contributed by atoms with Gasteiger partial charge in [-0.25, -0.2) is 4.39 Å². The highest BCUT2D eigenvalue weighted by molar-refractivity contribution is 6.22. The Bertz CT molecular complexity index is 1580. The number of carboxylic acid groups (broad SMARTS) is 1. The zero-order valence-corrected chi connectivity index (χ0v) is 23.0. The van der Waals surface area contributed by atoms with Crippen LogP contribution in [0.15, 0.2) is 90.5 Å². The van der Waals surface area contributed by atoms with Gasteiger partial charge >= 0.3 is 5.97 Å². The van der Waals surface area contributed by atoms with Gasteiger partial charge in [0, 0.05) is 23.1 Å². The first-order valence-electron chi connectivity index (χ1n) is 13.4. The van der Waals surface area contributed by atoms with Crippen LogP contribution in [0.4, 0.5) is 4.39 Å². The molecule has 0 bridgehead atoms. The minimum atomic E-state index is -0.875. The zero-order chi connectivity index (χ0) is 28.8. The van der Waals surface area contributed by atoms with Crippen molar-refractivity contribution in [2.75, 3.05) is 0 Å². The van der Waals surface area contributed by atoms with E-state index >= 15 is 4.39 Å². The van der Waals surface area contributed by atoms with Crippen molar-refractivity contribution in [2.24, 2.45) is 0 Å². The van der Waals surface area contributed by atoms with Gasteiger partial charge in [0.15, 0.2) is 5.78 Å². The fourth-order valence-electron chi connectivity index (χ4n) is 5.03. The second-order valence-electron chi connectivity index (χ2n) is 10.1. The molecule has 0 spiro atoms. The average Bonchev–Trinajstić information content (AvgIpc) is 2.93. The second-order valence-corrected chi connectivity index (χ2v) is 10.1. The molecule has 0 aliphatic rings. The Balaban J connectivity index is 1.68. The number of rotatable bonds is 10. The number of benzene rings is 4. The van der Waals surface area contributed by atoms with Crippen molar-refractivity contribution in [1.82, 2.24) is 0 Å². The number of Topliss-reactive ketones (excluding diaryl/α,β-unsaturated/α-hetero) is 1. The monoisotopic (exact) mass is 536 g/mol. The van der Waals surface area contributed by atoms with Crippen molar-refractivity contribution in [3.63, 3.8) is 0 Å². The lowest BCUT2D eigenvalue weighted by Gasteiger charge is -2.17. The predicted octanol–water partition coefficient (Wildman–Crippen LogP) is 8.19. The molecule has 2 N–H and O–H groups in total. The van der Waals surface area contributed by atoms with E-state index < -0.39 is 5.97 Å². The van der Waals surface area contributed by atoms with Crippen molar-refractivity contribution in [3.05, 3.63) is 119 Å². The lowest BCUT2D eigenvalue weighted by Crippen LogP contribution is -2.06. The third-order valence-electron chi connectivity index (χ3n) is 7.16. The molecule has 40 heavy (non-hydrogen) atoms. The van der Waals surface area contributed by atoms with Gasteiger partial charge in [-0.05, 0) is 78.3 Å². The van der Waals surface area contributed by atoms with Crippen LogP contribution in [0.25, 0.3) is 27.8 Å². The summed E-state index contributed by atoms with van der Waals surface area (Å²) in [6.45, 7) is 5.57. The highest BCUT2D eigenvalue weighted by Crippen LogP contribution is 2.35. The molecule has 5 heteroatoms. The maximum absolute atomic E-state index is 15.3. The first kappa shape index (κ1) is 28.5. The van der Waals surface area contributed by atoms with E-state index in [9.17, 15) is 14.7 Å². The van der Waals surface area contributed by atoms with Gasteiger partial charge in [0.25, 0.3) is 0 Å². The van der Waals surface area contributed by atoms with Gasteiger partial charge in [0.2, 0.25) is 0 Å². The number of carbonyl (C=O) groups excluding carboxylic acids is 1. The first-order valence-corrected chi connectivity index (χ1v) is 13.4. The standard InChI is InChI=1S/C35H33FO4/c1-4-32(37)35(22(2)12-13-24-8-7-9-25(19-24)20-34(39)40)29-21-30(31(36)18-23(29)3)27-16-14-26(15-17-27)28-10-5-6-11-33(28)38/h5-11,14-19,21,38H,4,12-13,20H2,1-3H3,(H,39,40)/b35-22-. The van der Waals surface area contributed by atoms with E-state index in [4.69, 9.17) is 5.11 Å². The van der Waals surface area contributed by atoms with Crippen LogP contribution in [-0.4, -0.2) is 22.0 Å². The highest BCUT2D eigenvalue weighted by atomic mass is 19.1. The zero-order valence-electron chi connectivity index (χ0n) is 23.0. The summed E-state index contributed by atoms with van der Waals surface area (Å²) in [7, 11) is 0. The molecule has 4 aromatic rings. The van der Waals surface area contributed by atoms with Crippen molar-refractivity contribution in [1.29, 1.82) is 0 Å². The Labute approximate surface area is 234 Å². The molecule has 0 amide bonds. The molecule has 0 aliphatic carbocycles. The summed E-state index contributed by atoms with van der Waals surface area (Å²) in [5.41, 5.74) is 7.25. The van der Waals surface area contributed by atoms with Crippen molar-refractivity contribution in [3.8, 4) is 28.0 Å². The molecule has 0 atom stereocenters. The number of hydrogen-bond acceptors (Lipinski definition) is 3. The van der Waals surface area contributed by atoms with Crippen molar-refractivity contribution in [2.45, 2.75) is 46.5 Å². The van der Waals surface area contributed by atoms with E-state index in [0.29, 0.717) is 52.7 Å². The quantitative estimate of drug-likeness (QED) is 0.200. The minimum absolute atomic E-state index is 0.00677. The summed E-state index contributed by atoms with van der Waals surface area (Å²) in [6.07, 6.45) is 1.55. The van der Waals surface area contributed by atoms with Gasteiger partial charge in [-0.3, -0.25) is 9.59 Å². The normalized spacial score (nSPS) is 11.7. The number of phenolic OH excluding ortho intramolecular Hbond substituents is 1. The van der Waals surface area contributed by atoms with E-state index in [1.807, 2.05) is 75.4 Å². The number of aryl methyl sites for hydroxylation is 2. The third kappa shape index (κ3) is 6.55. The lowest BCUT2D eigenvalue weighted by molar-refractivity contribution is -0.136. The number of carbonyl (C=O) groups is 2. The summed E-state index contributed by atoms with van der Waals surface area (Å²) in [6, 6.07) is 25.1. The number of carboxylic acids is 1. The van der Waals surface area contributed by atoms with Gasteiger partial charge in [0.05, 0.1) is 6.42 Å². The Hall–Kier alpha value is -4.51. The van der Waals surface area contributed by atoms with E-state index in [2.05, 4.69) is 0 Å². The summed E-state index contributed by atoms with van der Waals surface area (Å²) in [4.78, 5) is 24.3. The Kier molecular flexibility index (Phi) is 8.95. The highest BCUT2D eigenvalue weighted by Gasteiger charge is 2.19. The molecule has 0 aromatic heterocycles. The van der Waals surface area contributed by atoms with Crippen LogP contribution in [0.5, 0.6) is 5.75 Å². The molecule has 0 fully saturated rings. The molecule has 0 saturated heterocycles. The predicted molar refractivity (Wildman–Crippen MR) is 158 cm³/mol. The summed E-state index contributed by atoms with van der Waals surface area (Å²) in [5, 5.41) is 19.3. The number of aliphatic carboxylic acids is 1. The smallest absolute Gasteiger partial charge is 0.307 e. The molecular weight excluding hydrogens is 503 g/mol.